The zero-order valence-corrected chi connectivity index (χ0v) is 12.6. The molecule has 0 radical (unpaired) electrons. The van der Waals surface area contributed by atoms with Crippen LogP contribution >= 0.6 is 23.4 Å². The Hall–Kier alpha value is -1.20. The van der Waals surface area contributed by atoms with Crippen LogP contribution in [0, 0.1) is 0 Å². The van der Waals surface area contributed by atoms with Crippen molar-refractivity contribution in [2.24, 2.45) is 0 Å². The quantitative estimate of drug-likeness (QED) is 0.871. The molecule has 0 aliphatic carbocycles. The lowest BCUT2D eigenvalue weighted by Gasteiger charge is -2.10. The Bertz CT molecular complexity index is 452. The summed E-state index contributed by atoms with van der Waals surface area (Å²) in [5.41, 5.74) is 1.01. The van der Waals surface area contributed by atoms with E-state index in [2.05, 4.69) is 5.32 Å². The monoisotopic (exact) mass is 300 g/mol. The van der Waals surface area contributed by atoms with E-state index in [9.17, 15) is 9.59 Å². The zero-order valence-electron chi connectivity index (χ0n) is 11.0. The van der Waals surface area contributed by atoms with Gasteiger partial charge in [-0.15, -0.1) is 11.8 Å². The van der Waals surface area contributed by atoms with Crippen LogP contribution in [0.1, 0.15) is 5.56 Å². The van der Waals surface area contributed by atoms with Crippen LogP contribution in [0.3, 0.4) is 0 Å². The van der Waals surface area contributed by atoms with Crippen molar-refractivity contribution < 1.29 is 9.59 Å². The molecule has 0 fully saturated rings. The molecule has 0 aromatic heterocycles. The number of thioether (sulfide) groups is 1. The van der Waals surface area contributed by atoms with Gasteiger partial charge in [-0.1, -0.05) is 29.8 Å². The number of hydrogen-bond donors (Lipinski definition) is 1. The van der Waals surface area contributed by atoms with Crippen molar-refractivity contribution in [1.82, 2.24) is 10.2 Å². The number of hydrogen-bond acceptors (Lipinski definition) is 3. The largest absolute Gasteiger partial charge is 0.347 e. The van der Waals surface area contributed by atoms with Crippen LogP contribution in [0.5, 0.6) is 0 Å². The first-order valence-electron chi connectivity index (χ1n) is 5.78. The summed E-state index contributed by atoms with van der Waals surface area (Å²) >= 11 is 7.48. The van der Waals surface area contributed by atoms with E-state index in [1.807, 2.05) is 24.3 Å². The molecule has 0 aliphatic rings. The van der Waals surface area contributed by atoms with Crippen LogP contribution < -0.4 is 5.32 Å². The maximum atomic E-state index is 11.5. The number of nitrogens with one attached hydrogen (secondary N) is 1. The lowest BCUT2D eigenvalue weighted by Crippen LogP contribution is -2.37. The average Bonchev–Trinajstić information content (AvgIpc) is 2.38. The number of carbonyl (C=O) groups is 2. The number of rotatable bonds is 6. The van der Waals surface area contributed by atoms with Crippen LogP contribution in [0.15, 0.2) is 24.3 Å². The van der Waals surface area contributed by atoms with Crippen molar-refractivity contribution in [3.05, 3.63) is 34.9 Å². The van der Waals surface area contributed by atoms with Gasteiger partial charge in [0.15, 0.2) is 0 Å². The highest BCUT2D eigenvalue weighted by Gasteiger charge is 2.07. The first kappa shape index (κ1) is 15.9. The van der Waals surface area contributed by atoms with Crippen LogP contribution in [0.2, 0.25) is 5.02 Å². The van der Waals surface area contributed by atoms with Gasteiger partial charge in [-0.05, 0) is 11.6 Å². The molecule has 0 saturated heterocycles. The van der Waals surface area contributed by atoms with E-state index in [0.29, 0.717) is 16.5 Å². The number of amides is 2. The molecule has 1 rings (SSSR count). The number of halogens is 1. The maximum absolute atomic E-state index is 11.5. The summed E-state index contributed by atoms with van der Waals surface area (Å²) < 4.78 is 0. The SMILES string of the molecule is CN(C)C(=O)CNC(=O)CSCc1ccccc1Cl. The minimum atomic E-state index is -0.146. The highest BCUT2D eigenvalue weighted by Crippen LogP contribution is 2.20. The molecule has 0 saturated carbocycles. The fourth-order valence-electron chi connectivity index (χ4n) is 1.25. The number of nitrogens with zero attached hydrogens (tertiary/aromatic N) is 1. The second-order valence-corrected chi connectivity index (χ2v) is 5.54. The van der Waals surface area contributed by atoms with Crippen LogP contribution in [-0.4, -0.2) is 43.1 Å². The predicted molar refractivity (Wildman–Crippen MR) is 79.3 cm³/mol. The molecule has 0 spiro atoms. The second-order valence-electron chi connectivity index (χ2n) is 4.15. The van der Waals surface area contributed by atoms with Gasteiger partial charge in [0, 0.05) is 24.9 Å². The molecule has 6 heteroatoms. The third kappa shape index (κ3) is 5.98. The van der Waals surface area contributed by atoms with Crippen molar-refractivity contribution in [2.75, 3.05) is 26.4 Å². The summed E-state index contributed by atoms with van der Waals surface area (Å²) in [6, 6.07) is 7.55. The molecule has 0 atom stereocenters. The molecule has 0 heterocycles. The topological polar surface area (TPSA) is 49.4 Å². The summed E-state index contributed by atoms with van der Waals surface area (Å²) in [5, 5.41) is 3.29. The number of likely N-dealkylation sites (N-methyl/N-ethyl adjacent to an activating group) is 1. The average molecular weight is 301 g/mol. The minimum Gasteiger partial charge on any atom is -0.347 e. The summed E-state index contributed by atoms with van der Waals surface area (Å²) in [5.74, 6) is 0.720. The van der Waals surface area contributed by atoms with Gasteiger partial charge >= 0.3 is 0 Å². The molecule has 2 amide bonds. The Balaban J connectivity index is 2.24. The fraction of sp³-hybridized carbons (Fsp3) is 0.385. The third-order valence-corrected chi connectivity index (χ3v) is 3.73. The van der Waals surface area contributed by atoms with Crippen LogP contribution in [-0.2, 0) is 15.3 Å². The third-order valence-electron chi connectivity index (χ3n) is 2.38. The summed E-state index contributed by atoms with van der Waals surface area (Å²) in [4.78, 5) is 24.2. The minimum absolute atomic E-state index is 0.0402. The van der Waals surface area contributed by atoms with E-state index in [1.165, 1.54) is 16.7 Å². The summed E-state index contributed by atoms with van der Waals surface area (Å²) in [6.07, 6.45) is 0. The Labute approximate surface area is 122 Å². The van der Waals surface area contributed by atoms with Gasteiger partial charge in [-0.2, -0.15) is 0 Å². The lowest BCUT2D eigenvalue weighted by atomic mass is 10.2. The first-order valence-corrected chi connectivity index (χ1v) is 7.32. The Morgan fingerprint density at radius 2 is 2.00 bits per heavy atom. The van der Waals surface area contributed by atoms with Crippen molar-refractivity contribution in [3.63, 3.8) is 0 Å². The van der Waals surface area contributed by atoms with Crippen molar-refractivity contribution in [3.8, 4) is 0 Å². The molecule has 4 nitrogen and oxygen atoms in total. The first-order chi connectivity index (χ1) is 9.00. The standard InChI is InChI=1S/C13H17ClN2O2S/c1-16(2)13(18)7-15-12(17)9-19-8-10-5-3-4-6-11(10)14/h3-6H,7-9H2,1-2H3,(H,15,17). The van der Waals surface area contributed by atoms with Gasteiger partial charge < -0.3 is 10.2 Å². The van der Waals surface area contributed by atoms with Crippen LogP contribution in [0.4, 0.5) is 0 Å². The smallest absolute Gasteiger partial charge is 0.241 e. The molecule has 1 aromatic carbocycles. The van der Waals surface area contributed by atoms with Crippen molar-refractivity contribution in [2.45, 2.75) is 5.75 Å². The lowest BCUT2D eigenvalue weighted by molar-refractivity contribution is -0.130. The molecular formula is C13H17ClN2O2S. The van der Waals surface area contributed by atoms with Gasteiger partial charge in [-0.3, -0.25) is 9.59 Å². The molecule has 0 unspecified atom stereocenters. The van der Waals surface area contributed by atoms with Gasteiger partial charge in [-0.25, -0.2) is 0 Å². The van der Waals surface area contributed by atoms with E-state index in [1.54, 1.807) is 14.1 Å². The predicted octanol–water partition coefficient (Wildman–Crippen LogP) is 1.78. The van der Waals surface area contributed by atoms with E-state index in [-0.39, 0.29) is 18.4 Å². The number of carbonyl (C=O) groups excluding carboxylic acids is 2. The zero-order chi connectivity index (χ0) is 14.3. The molecule has 104 valence electrons. The summed E-state index contributed by atoms with van der Waals surface area (Å²) in [7, 11) is 3.31. The van der Waals surface area contributed by atoms with E-state index < -0.39 is 0 Å². The molecule has 0 bridgehead atoms. The molecule has 1 N–H and O–H groups in total. The molecule has 0 aliphatic heterocycles. The highest BCUT2D eigenvalue weighted by molar-refractivity contribution is 7.99. The molecular weight excluding hydrogens is 284 g/mol. The Kier molecular flexibility index (Phi) is 6.73. The second kappa shape index (κ2) is 8.07. The highest BCUT2D eigenvalue weighted by atomic mass is 35.5. The van der Waals surface area contributed by atoms with Gasteiger partial charge in [0.25, 0.3) is 0 Å². The normalized spacial score (nSPS) is 10.1. The van der Waals surface area contributed by atoms with E-state index in [0.717, 1.165) is 5.56 Å². The number of benzene rings is 1. The maximum Gasteiger partial charge on any atom is 0.241 e. The van der Waals surface area contributed by atoms with E-state index >= 15 is 0 Å². The van der Waals surface area contributed by atoms with Gasteiger partial charge in [0.1, 0.15) is 0 Å². The van der Waals surface area contributed by atoms with Crippen molar-refractivity contribution >= 4 is 35.2 Å². The fourth-order valence-corrected chi connectivity index (χ4v) is 2.40. The van der Waals surface area contributed by atoms with E-state index in [4.69, 9.17) is 11.6 Å². The van der Waals surface area contributed by atoms with Gasteiger partial charge in [0.2, 0.25) is 11.8 Å². The van der Waals surface area contributed by atoms with Crippen molar-refractivity contribution in [1.29, 1.82) is 0 Å². The Morgan fingerprint density at radius 1 is 1.32 bits per heavy atom. The summed E-state index contributed by atoms with van der Waals surface area (Å²) in [6.45, 7) is 0.0402. The molecule has 1 aromatic rings. The Morgan fingerprint density at radius 3 is 2.63 bits per heavy atom. The molecule has 19 heavy (non-hydrogen) atoms. The van der Waals surface area contributed by atoms with Gasteiger partial charge in [0.05, 0.1) is 12.3 Å². The van der Waals surface area contributed by atoms with Crippen LogP contribution in [0.25, 0.3) is 0 Å².